The summed E-state index contributed by atoms with van der Waals surface area (Å²) in [5, 5.41) is 12.8. The van der Waals surface area contributed by atoms with Crippen LogP contribution in [-0.4, -0.2) is 35.4 Å². The zero-order valence-corrected chi connectivity index (χ0v) is 22.1. The molecule has 36 heavy (non-hydrogen) atoms. The number of benzene rings is 3. The molecule has 0 aliphatic rings. The highest BCUT2D eigenvalue weighted by molar-refractivity contribution is 9.10. The van der Waals surface area contributed by atoms with Crippen LogP contribution in [0.3, 0.4) is 0 Å². The van der Waals surface area contributed by atoms with Gasteiger partial charge >= 0.3 is 0 Å². The molecule has 0 aliphatic carbocycles. The Labute approximate surface area is 220 Å². The highest BCUT2D eigenvalue weighted by Crippen LogP contribution is 2.20. The molecule has 3 aromatic carbocycles. The van der Waals surface area contributed by atoms with Crippen LogP contribution in [0.4, 0.5) is 0 Å². The van der Waals surface area contributed by atoms with Crippen molar-refractivity contribution in [3.05, 3.63) is 105 Å². The van der Waals surface area contributed by atoms with Crippen LogP contribution >= 0.6 is 15.9 Å². The standard InChI is InChI=1S/C18H14BrNO2.C12H15NO/c1-12(21)16-11-14(8-9-17(16)19)7-6-13-4-3-5-15(10-13)18(22)20-2;1-9(8-14)6-10-7-13-12-5-3-2-4-11(10)12/h3-5,8-11H,1-2H3,(H,20,22);2-5,7,9,13-14H,6,8H2,1H3. The van der Waals surface area contributed by atoms with Crippen molar-refractivity contribution < 1.29 is 14.7 Å². The summed E-state index contributed by atoms with van der Waals surface area (Å²) < 4.78 is 0.757. The number of hydrogen-bond acceptors (Lipinski definition) is 3. The number of rotatable bonds is 5. The van der Waals surface area contributed by atoms with Gasteiger partial charge in [0.15, 0.2) is 5.78 Å². The minimum Gasteiger partial charge on any atom is -0.396 e. The van der Waals surface area contributed by atoms with Crippen molar-refractivity contribution in [3.63, 3.8) is 0 Å². The van der Waals surface area contributed by atoms with Crippen molar-refractivity contribution in [2.24, 2.45) is 5.92 Å². The molecule has 0 fully saturated rings. The summed E-state index contributed by atoms with van der Waals surface area (Å²) in [5.41, 5.74) is 5.13. The zero-order chi connectivity index (χ0) is 26.1. The summed E-state index contributed by atoms with van der Waals surface area (Å²) in [6.07, 6.45) is 2.97. The van der Waals surface area contributed by atoms with Crippen LogP contribution in [0.25, 0.3) is 10.9 Å². The van der Waals surface area contributed by atoms with E-state index in [4.69, 9.17) is 5.11 Å². The van der Waals surface area contributed by atoms with Crippen LogP contribution in [-0.2, 0) is 6.42 Å². The van der Waals surface area contributed by atoms with E-state index in [1.807, 2.05) is 36.5 Å². The van der Waals surface area contributed by atoms with E-state index in [1.54, 1.807) is 31.3 Å². The number of carbonyl (C=O) groups is 2. The van der Waals surface area contributed by atoms with Gasteiger partial charge in [0.05, 0.1) is 0 Å². The second-order valence-electron chi connectivity index (χ2n) is 8.51. The van der Waals surface area contributed by atoms with Gasteiger partial charge in [0.2, 0.25) is 0 Å². The second kappa shape index (κ2) is 12.9. The fourth-order valence-electron chi connectivity index (χ4n) is 3.64. The number of aliphatic hydroxyl groups excluding tert-OH is 1. The number of fused-ring (bicyclic) bond motifs is 1. The Morgan fingerprint density at radius 3 is 2.44 bits per heavy atom. The van der Waals surface area contributed by atoms with Crippen molar-refractivity contribution in [2.45, 2.75) is 20.3 Å². The molecule has 0 aliphatic heterocycles. The van der Waals surface area contributed by atoms with E-state index in [1.165, 1.54) is 23.4 Å². The number of halogens is 1. The molecule has 3 N–H and O–H groups in total. The maximum Gasteiger partial charge on any atom is 0.251 e. The van der Waals surface area contributed by atoms with Gasteiger partial charge in [-0.05, 0) is 67.3 Å². The van der Waals surface area contributed by atoms with E-state index in [0.717, 1.165) is 22.0 Å². The van der Waals surface area contributed by atoms with Crippen molar-refractivity contribution >= 4 is 38.5 Å². The molecule has 1 heterocycles. The predicted octanol–water partition coefficient (Wildman–Crippen LogP) is 5.75. The molecule has 4 aromatic rings. The minimum atomic E-state index is -0.147. The fraction of sp³-hybridized carbons (Fsp3) is 0.200. The summed E-state index contributed by atoms with van der Waals surface area (Å²) in [5.74, 6) is 6.19. The maximum atomic E-state index is 11.6. The van der Waals surface area contributed by atoms with Crippen LogP contribution in [0, 0.1) is 17.8 Å². The molecule has 4 rings (SSSR count). The molecule has 5 nitrogen and oxygen atoms in total. The Kier molecular flexibility index (Phi) is 9.63. The third-order valence-electron chi connectivity index (χ3n) is 5.60. The highest BCUT2D eigenvalue weighted by atomic mass is 79.9. The van der Waals surface area contributed by atoms with Gasteiger partial charge in [0.1, 0.15) is 0 Å². The third-order valence-corrected chi connectivity index (χ3v) is 6.30. The normalized spacial score (nSPS) is 11.0. The first-order chi connectivity index (χ1) is 17.3. The number of aliphatic hydroxyl groups is 1. The van der Waals surface area contributed by atoms with E-state index in [-0.39, 0.29) is 18.3 Å². The molecule has 0 saturated carbocycles. The Balaban J connectivity index is 0.000000221. The zero-order valence-electron chi connectivity index (χ0n) is 20.6. The van der Waals surface area contributed by atoms with Crippen LogP contribution in [0.1, 0.15) is 51.3 Å². The van der Waals surface area contributed by atoms with Gasteiger partial charge in [0.25, 0.3) is 5.91 Å². The smallest absolute Gasteiger partial charge is 0.251 e. The summed E-state index contributed by atoms with van der Waals surface area (Å²) in [6, 6.07) is 20.8. The van der Waals surface area contributed by atoms with Crippen LogP contribution < -0.4 is 5.32 Å². The Bertz CT molecular complexity index is 1430. The topological polar surface area (TPSA) is 82.2 Å². The van der Waals surface area contributed by atoms with Crippen molar-refractivity contribution in [2.75, 3.05) is 13.7 Å². The summed E-state index contributed by atoms with van der Waals surface area (Å²) in [4.78, 5) is 26.4. The molecule has 0 radical (unpaired) electrons. The molecule has 0 saturated heterocycles. The van der Waals surface area contributed by atoms with Gasteiger partial charge in [-0.1, -0.05) is 59.0 Å². The van der Waals surface area contributed by atoms with Gasteiger partial charge in [-0.2, -0.15) is 0 Å². The lowest BCUT2D eigenvalue weighted by Crippen LogP contribution is -2.17. The first-order valence-corrected chi connectivity index (χ1v) is 12.4. The summed E-state index contributed by atoms with van der Waals surface area (Å²) >= 11 is 3.35. The average Bonchev–Trinajstić information content (AvgIpc) is 3.30. The Hall–Kier alpha value is -3.66. The molecule has 184 valence electrons. The number of Topliss-reactive ketones (excluding diaryl/α,β-unsaturated/α-hetero) is 1. The number of hydrogen-bond donors (Lipinski definition) is 3. The minimum absolute atomic E-state index is 0.0165. The molecule has 1 amide bonds. The quantitative estimate of drug-likeness (QED) is 0.221. The molecule has 0 bridgehead atoms. The van der Waals surface area contributed by atoms with Crippen molar-refractivity contribution in [1.82, 2.24) is 10.3 Å². The van der Waals surface area contributed by atoms with Crippen LogP contribution in [0.2, 0.25) is 0 Å². The molecule has 0 spiro atoms. The summed E-state index contributed by atoms with van der Waals surface area (Å²) in [6.45, 7) is 3.82. The molecular formula is C30H29BrN2O3. The molecule has 1 unspecified atom stereocenters. The lowest BCUT2D eigenvalue weighted by Gasteiger charge is -2.05. The van der Waals surface area contributed by atoms with E-state index in [0.29, 0.717) is 17.0 Å². The lowest BCUT2D eigenvalue weighted by molar-refractivity contribution is 0.0961. The van der Waals surface area contributed by atoms with Gasteiger partial charge in [-0.15, -0.1) is 0 Å². The number of aromatic nitrogens is 1. The third kappa shape index (κ3) is 7.17. The number of ketones is 1. The van der Waals surface area contributed by atoms with E-state index < -0.39 is 0 Å². The van der Waals surface area contributed by atoms with Crippen LogP contribution in [0.15, 0.2) is 77.4 Å². The molecular weight excluding hydrogens is 516 g/mol. The highest BCUT2D eigenvalue weighted by Gasteiger charge is 2.07. The first-order valence-electron chi connectivity index (χ1n) is 11.6. The van der Waals surface area contributed by atoms with Crippen molar-refractivity contribution in [3.8, 4) is 11.8 Å². The van der Waals surface area contributed by atoms with E-state index in [2.05, 4.69) is 57.1 Å². The lowest BCUT2D eigenvalue weighted by atomic mass is 10.0. The number of aromatic amines is 1. The predicted molar refractivity (Wildman–Crippen MR) is 148 cm³/mol. The monoisotopic (exact) mass is 544 g/mol. The second-order valence-corrected chi connectivity index (χ2v) is 9.37. The average molecular weight is 545 g/mol. The van der Waals surface area contributed by atoms with Crippen LogP contribution in [0.5, 0.6) is 0 Å². The van der Waals surface area contributed by atoms with Gasteiger partial charge in [0, 0.05) is 57.5 Å². The van der Waals surface area contributed by atoms with Crippen molar-refractivity contribution in [1.29, 1.82) is 0 Å². The number of nitrogens with one attached hydrogen (secondary N) is 2. The number of carbonyl (C=O) groups excluding carboxylic acids is 2. The SMILES string of the molecule is CC(CO)Cc1c[nH]c2ccccc12.CNC(=O)c1cccc(C#Cc2ccc(Br)c(C(C)=O)c2)c1. The Morgan fingerprint density at radius 1 is 1.03 bits per heavy atom. The first kappa shape index (κ1) is 26.9. The number of amides is 1. The largest absolute Gasteiger partial charge is 0.396 e. The Morgan fingerprint density at radius 2 is 1.75 bits per heavy atom. The molecule has 1 aromatic heterocycles. The van der Waals surface area contributed by atoms with Gasteiger partial charge in [-0.25, -0.2) is 0 Å². The van der Waals surface area contributed by atoms with E-state index >= 15 is 0 Å². The van der Waals surface area contributed by atoms with Gasteiger partial charge in [-0.3, -0.25) is 9.59 Å². The molecule has 1 atom stereocenters. The van der Waals surface area contributed by atoms with E-state index in [9.17, 15) is 9.59 Å². The molecule has 6 heteroatoms. The van der Waals surface area contributed by atoms with Gasteiger partial charge < -0.3 is 15.4 Å². The number of para-hydroxylation sites is 1. The fourth-order valence-corrected chi connectivity index (χ4v) is 4.17. The summed E-state index contributed by atoms with van der Waals surface area (Å²) in [7, 11) is 1.59. The number of H-pyrrole nitrogens is 1. The maximum absolute atomic E-state index is 11.6.